The number of rotatable bonds is 7. The molecule has 7 nitrogen and oxygen atoms in total. The molecule has 2 N–H and O–H groups in total. The van der Waals surface area contributed by atoms with Crippen LogP contribution in [-0.4, -0.2) is 56.7 Å². The van der Waals surface area contributed by atoms with E-state index in [-0.39, 0.29) is 11.8 Å². The Bertz CT molecular complexity index is 769. The smallest absolute Gasteiger partial charge is 0.213 e. The van der Waals surface area contributed by atoms with Crippen molar-refractivity contribution in [3.63, 3.8) is 0 Å². The van der Waals surface area contributed by atoms with E-state index >= 15 is 0 Å². The number of nitrogens with one attached hydrogen (secondary N) is 2. The van der Waals surface area contributed by atoms with Crippen LogP contribution in [-0.2, 0) is 16.6 Å². The summed E-state index contributed by atoms with van der Waals surface area (Å²) in [6.07, 6.45) is 5.43. The van der Waals surface area contributed by atoms with Crippen LogP contribution >= 0.6 is 0 Å². The topological polar surface area (TPSA) is 83.0 Å². The van der Waals surface area contributed by atoms with E-state index in [1.807, 2.05) is 18.2 Å². The van der Waals surface area contributed by atoms with Gasteiger partial charge in [-0.2, -0.15) is 0 Å². The lowest BCUT2D eigenvalue weighted by Gasteiger charge is -2.32. The predicted octanol–water partition coefficient (Wildman–Crippen LogP) is 2.10. The van der Waals surface area contributed by atoms with Crippen molar-refractivity contribution in [2.75, 3.05) is 25.9 Å². The standard InChI is InChI=1S/C20H32N4O3S/c1-3-28(25,26)24-13-11-17(12-14-24)23-20(21-2)22-15-16-7-4-5-10-19(16)27-18-8-6-9-18/h4-5,7,10,17-18H,3,6,8-9,11-15H2,1-2H3,(H2,21,22,23). The molecule has 3 rings (SSSR count). The third kappa shape index (κ3) is 5.38. The second kappa shape index (κ2) is 9.60. The minimum absolute atomic E-state index is 0.163. The van der Waals surface area contributed by atoms with Crippen LogP contribution < -0.4 is 15.4 Å². The highest BCUT2D eigenvalue weighted by atomic mass is 32.2. The molecule has 0 radical (unpaired) electrons. The zero-order valence-electron chi connectivity index (χ0n) is 16.9. The number of sulfonamides is 1. The Morgan fingerprint density at radius 3 is 2.54 bits per heavy atom. The van der Waals surface area contributed by atoms with Crippen LogP contribution in [0.1, 0.15) is 44.6 Å². The zero-order valence-corrected chi connectivity index (χ0v) is 17.7. The van der Waals surface area contributed by atoms with E-state index in [1.54, 1.807) is 18.3 Å². The van der Waals surface area contributed by atoms with Crippen molar-refractivity contribution in [1.82, 2.24) is 14.9 Å². The third-order valence-corrected chi connectivity index (χ3v) is 7.42. The Labute approximate surface area is 168 Å². The van der Waals surface area contributed by atoms with Gasteiger partial charge in [-0.1, -0.05) is 18.2 Å². The molecule has 1 saturated heterocycles. The van der Waals surface area contributed by atoms with Crippen molar-refractivity contribution >= 4 is 16.0 Å². The minimum Gasteiger partial charge on any atom is -0.490 e. The van der Waals surface area contributed by atoms with Crippen LogP contribution in [0.5, 0.6) is 5.75 Å². The van der Waals surface area contributed by atoms with Gasteiger partial charge in [-0.3, -0.25) is 4.99 Å². The van der Waals surface area contributed by atoms with Crippen molar-refractivity contribution in [3.05, 3.63) is 29.8 Å². The molecule has 1 heterocycles. The van der Waals surface area contributed by atoms with E-state index in [1.165, 1.54) is 6.42 Å². The van der Waals surface area contributed by atoms with Crippen LogP contribution in [0.2, 0.25) is 0 Å². The summed E-state index contributed by atoms with van der Waals surface area (Å²) in [7, 11) is -1.34. The first kappa shape index (κ1) is 20.9. The lowest BCUT2D eigenvalue weighted by atomic mass is 9.96. The SMILES string of the molecule is CCS(=O)(=O)N1CCC(NC(=NC)NCc2ccccc2OC2CCC2)CC1. The molecule has 1 saturated carbocycles. The van der Waals surface area contributed by atoms with Gasteiger partial charge in [0.15, 0.2) is 5.96 Å². The van der Waals surface area contributed by atoms with E-state index in [4.69, 9.17) is 4.74 Å². The molecule has 0 amide bonds. The van der Waals surface area contributed by atoms with E-state index in [9.17, 15) is 8.42 Å². The van der Waals surface area contributed by atoms with Gasteiger partial charge in [0.25, 0.3) is 0 Å². The average Bonchev–Trinajstić information content (AvgIpc) is 2.69. The number of hydrogen-bond acceptors (Lipinski definition) is 4. The molecule has 1 aliphatic carbocycles. The highest BCUT2D eigenvalue weighted by Crippen LogP contribution is 2.27. The number of para-hydroxylation sites is 1. The van der Waals surface area contributed by atoms with Crippen LogP contribution in [0.4, 0.5) is 0 Å². The molecular formula is C20H32N4O3S. The van der Waals surface area contributed by atoms with Gasteiger partial charge in [0.2, 0.25) is 10.0 Å². The Kier molecular flexibility index (Phi) is 7.18. The van der Waals surface area contributed by atoms with E-state index in [0.29, 0.717) is 25.7 Å². The Hall–Kier alpha value is -1.80. The maximum Gasteiger partial charge on any atom is 0.213 e. The second-order valence-electron chi connectivity index (χ2n) is 7.42. The van der Waals surface area contributed by atoms with Crippen LogP contribution in [0, 0.1) is 0 Å². The Morgan fingerprint density at radius 1 is 1.21 bits per heavy atom. The molecule has 8 heteroatoms. The van der Waals surface area contributed by atoms with Gasteiger partial charge in [0, 0.05) is 38.3 Å². The fourth-order valence-corrected chi connectivity index (χ4v) is 4.59. The molecule has 2 fully saturated rings. The first-order valence-electron chi connectivity index (χ1n) is 10.2. The molecule has 2 aliphatic rings. The fourth-order valence-electron chi connectivity index (χ4n) is 3.46. The minimum atomic E-state index is -3.09. The van der Waals surface area contributed by atoms with Crippen molar-refractivity contribution in [1.29, 1.82) is 0 Å². The molecule has 28 heavy (non-hydrogen) atoms. The quantitative estimate of drug-likeness (QED) is 0.533. The van der Waals surface area contributed by atoms with Gasteiger partial charge in [0.1, 0.15) is 5.75 Å². The maximum absolute atomic E-state index is 12.0. The van der Waals surface area contributed by atoms with Gasteiger partial charge in [-0.05, 0) is 45.1 Å². The molecular weight excluding hydrogens is 376 g/mol. The molecule has 0 bridgehead atoms. The maximum atomic E-state index is 12.0. The number of hydrogen-bond donors (Lipinski definition) is 2. The largest absolute Gasteiger partial charge is 0.490 e. The summed E-state index contributed by atoms with van der Waals surface area (Å²) in [5.74, 6) is 1.83. The summed E-state index contributed by atoms with van der Waals surface area (Å²) in [5.41, 5.74) is 1.11. The average molecular weight is 409 g/mol. The van der Waals surface area contributed by atoms with E-state index in [0.717, 1.165) is 43.0 Å². The van der Waals surface area contributed by atoms with Gasteiger partial charge in [0.05, 0.1) is 11.9 Å². The van der Waals surface area contributed by atoms with Gasteiger partial charge < -0.3 is 15.4 Å². The normalized spacial score (nSPS) is 19.9. The number of ether oxygens (including phenoxy) is 1. The fraction of sp³-hybridized carbons (Fsp3) is 0.650. The van der Waals surface area contributed by atoms with Crippen LogP contribution in [0.25, 0.3) is 0 Å². The molecule has 0 spiro atoms. The molecule has 0 unspecified atom stereocenters. The molecule has 156 valence electrons. The summed E-state index contributed by atoms with van der Waals surface area (Å²) in [6, 6.07) is 8.33. The summed E-state index contributed by atoms with van der Waals surface area (Å²) < 4.78 is 31.7. The van der Waals surface area contributed by atoms with Gasteiger partial charge in [-0.15, -0.1) is 0 Å². The molecule has 1 aromatic rings. The Balaban J connectivity index is 1.49. The Morgan fingerprint density at radius 2 is 1.93 bits per heavy atom. The van der Waals surface area contributed by atoms with Crippen molar-refractivity contribution in [3.8, 4) is 5.75 Å². The molecule has 1 aromatic carbocycles. The number of guanidine groups is 1. The molecule has 0 atom stereocenters. The molecule has 1 aliphatic heterocycles. The van der Waals surface area contributed by atoms with Crippen molar-refractivity contribution in [2.24, 2.45) is 4.99 Å². The highest BCUT2D eigenvalue weighted by Gasteiger charge is 2.27. The van der Waals surface area contributed by atoms with Gasteiger partial charge >= 0.3 is 0 Å². The zero-order chi connectivity index (χ0) is 20.0. The highest BCUT2D eigenvalue weighted by molar-refractivity contribution is 7.89. The van der Waals surface area contributed by atoms with Gasteiger partial charge in [-0.25, -0.2) is 12.7 Å². The summed E-state index contributed by atoms with van der Waals surface area (Å²) >= 11 is 0. The van der Waals surface area contributed by atoms with Crippen LogP contribution in [0.15, 0.2) is 29.3 Å². The van der Waals surface area contributed by atoms with E-state index in [2.05, 4.69) is 21.7 Å². The lowest BCUT2D eigenvalue weighted by Crippen LogP contribution is -2.49. The van der Waals surface area contributed by atoms with Crippen molar-refractivity contribution < 1.29 is 13.2 Å². The summed E-state index contributed by atoms with van der Waals surface area (Å²) in [6.45, 7) is 3.44. The number of nitrogens with zero attached hydrogens (tertiary/aromatic N) is 2. The summed E-state index contributed by atoms with van der Waals surface area (Å²) in [5, 5.41) is 6.79. The molecule has 0 aromatic heterocycles. The van der Waals surface area contributed by atoms with E-state index < -0.39 is 10.0 Å². The second-order valence-corrected chi connectivity index (χ2v) is 9.68. The number of aliphatic imine (C=N–C) groups is 1. The summed E-state index contributed by atoms with van der Waals surface area (Å²) in [4.78, 5) is 4.32. The predicted molar refractivity (Wildman–Crippen MR) is 112 cm³/mol. The number of piperidine rings is 1. The monoisotopic (exact) mass is 408 g/mol. The third-order valence-electron chi connectivity index (χ3n) is 5.54. The first-order chi connectivity index (χ1) is 13.5. The van der Waals surface area contributed by atoms with Crippen LogP contribution in [0.3, 0.4) is 0 Å². The van der Waals surface area contributed by atoms with Crippen molar-refractivity contribution in [2.45, 2.75) is 57.7 Å². The number of benzene rings is 1. The lowest BCUT2D eigenvalue weighted by molar-refractivity contribution is 0.119. The first-order valence-corrected chi connectivity index (χ1v) is 11.8.